The molecule has 0 saturated heterocycles. The summed E-state index contributed by atoms with van der Waals surface area (Å²) in [4.78, 5) is 43.4. The fraction of sp³-hybridized carbons (Fsp3) is 0. The van der Waals surface area contributed by atoms with E-state index >= 15 is 0 Å². The van der Waals surface area contributed by atoms with Gasteiger partial charge >= 0.3 is 0 Å². The molecule has 0 spiro atoms. The van der Waals surface area contributed by atoms with Crippen LogP contribution in [-0.4, -0.2) is 22.7 Å². The van der Waals surface area contributed by atoms with Crippen LogP contribution in [0.4, 0.5) is 11.4 Å². The number of carbonyl (C=O) groups is 3. The number of imide groups is 1. The second-order valence-electron chi connectivity index (χ2n) is 6.66. The summed E-state index contributed by atoms with van der Waals surface area (Å²) in [6.45, 7) is 0. The number of thiophene rings is 1. The van der Waals surface area contributed by atoms with Gasteiger partial charge < -0.3 is 5.32 Å². The molecule has 0 saturated carbocycles. The second-order valence-corrected chi connectivity index (χ2v) is 8.71. The zero-order chi connectivity index (χ0) is 21.5. The maximum Gasteiger partial charge on any atom is 0.275 e. The van der Waals surface area contributed by atoms with E-state index in [2.05, 4.69) is 10.3 Å². The number of thiazole rings is 1. The van der Waals surface area contributed by atoms with Gasteiger partial charge in [0.05, 0.1) is 21.8 Å². The number of aromatic nitrogens is 1. The molecule has 1 aliphatic heterocycles. The van der Waals surface area contributed by atoms with E-state index in [4.69, 9.17) is 11.6 Å². The largest absolute Gasteiger partial charge is 0.321 e. The van der Waals surface area contributed by atoms with Gasteiger partial charge in [-0.3, -0.25) is 14.4 Å². The lowest BCUT2D eigenvalue weighted by Crippen LogP contribution is -2.29. The molecule has 0 unspecified atom stereocenters. The smallest absolute Gasteiger partial charge is 0.275 e. The summed E-state index contributed by atoms with van der Waals surface area (Å²) >= 11 is 9.33. The Balaban J connectivity index is 1.36. The highest BCUT2D eigenvalue weighted by atomic mass is 35.5. The lowest BCUT2D eigenvalue weighted by Gasteiger charge is -2.16. The predicted molar refractivity (Wildman–Crippen MR) is 122 cm³/mol. The first-order chi connectivity index (χ1) is 15.0. The lowest BCUT2D eigenvalue weighted by atomic mass is 10.1. The van der Waals surface area contributed by atoms with E-state index in [0.717, 1.165) is 15.5 Å². The molecule has 4 aromatic rings. The minimum atomic E-state index is -0.428. The molecule has 2 aromatic heterocycles. The van der Waals surface area contributed by atoms with E-state index in [1.54, 1.807) is 47.0 Å². The summed E-state index contributed by atoms with van der Waals surface area (Å²) in [5, 5.41) is 9.30. The van der Waals surface area contributed by atoms with Gasteiger partial charge in [0.15, 0.2) is 0 Å². The van der Waals surface area contributed by atoms with E-state index in [0.29, 0.717) is 22.5 Å². The fourth-order valence-electron chi connectivity index (χ4n) is 3.27. The van der Waals surface area contributed by atoms with Crippen molar-refractivity contribution in [2.45, 2.75) is 0 Å². The van der Waals surface area contributed by atoms with Gasteiger partial charge in [-0.2, -0.15) is 11.3 Å². The highest BCUT2D eigenvalue weighted by molar-refractivity contribution is 7.14. The zero-order valence-corrected chi connectivity index (χ0v) is 18.1. The third kappa shape index (κ3) is 3.44. The molecule has 9 heteroatoms. The highest BCUT2D eigenvalue weighted by Gasteiger charge is 2.37. The minimum Gasteiger partial charge on any atom is -0.321 e. The van der Waals surface area contributed by atoms with Crippen LogP contribution in [0.2, 0.25) is 5.02 Å². The summed E-state index contributed by atoms with van der Waals surface area (Å²) in [6, 6.07) is 13.2. The molecule has 3 heterocycles. The van der Waals surface area contributed by atoms with Crippen LogP contribution >= 0.6 is 34.3 Å². The molecule has 0 radical (unpaired) electrons. The number of fused-ring (bicyclic) bond motifs is 1. The van der Waals surface area contributed by atoms with Crippen LogP contribution in [0.25, 0.3) is 10.6 Å². The summed E-state index contributed by atoms with van der Waals surface area (Å²) in [6.07, 6.45) is 0. The third-order valence-electron chi connectivity index (χ3n) is 4.75. The summed E-state index contributed by atoms with van der Waals surface area (Å²) in [5.41, 5.74) is 2.64. The minimum absolute atomic E-state index is 0.171. The molecule has 6 nitrogen and oxygen atoms in total. The van der Waals surface area contributed by atoms with Crippen LogP contribution in [0.3, 0.4) is 0 Å². The molecule has 2 aromatic carbocycles. The van der Waals surface area contributed by atoms with Crippen molar-refractivity contribution in [3.8, 4) is 10.6 Å². The average Bonchev–Trinajstić information content (AvgIpc) is 3.50. The molecular formula is C22H12ClN3O3S2. The SMILES string of the molecule is O=C(Nc1ccc(N2C(=O)c3ccccc3C2=O)c(Cl)c1)c1csc(-c2ccsc2)n1. The van der Waals surface area contributed by atoms with Crippen molar-refractivity contribution in [2.75, 3.05) is 10.2 Å². The van der Waals surface area contributed by atoms with Gasteiger partial charge in [0.25, 0.3) is 17.7 Å². The first-order valence-electron chi connectivity index (χ1n) is 9.10. The second kappa shape index (κ2) is 7.73. The van der Waals surface area contributed by atoms with Gasteiger partial charge in [-0.15, -0.1) is 11.3 Å². The molecule has 0 atom stereocenters. The maximum atomic E-state index is 12.7. The number of amides is 3. The molecular weight excluding hydrogens is 454 g/mol. The Morgan fingerprint density at radius 2 is 1.74 bits per heavy atom. The van der Waals surface area contributed by atoms with Crippen LogP contribution in [0.1, 0.15) is 31.2 Å². The van der Waals surface area contributed by atoms with Gasteiger partial charge in [-0.1, -0.05) is 23.7 Å². The number of hydrogen-bond acceptors (Lipinski definition) is 6. The van der Waals surface area contributed by atoms with E-state index in [1.165, 1.54) is 23.5 Å². The van der Waals surface area contributed by atoms with Crippen molar-refractivity contribution in [3.05, 3.63) is 86.5 Å². The van der Waals surface area contributed by atoms with Crippen molar-refractivity contribution < 1.29 is 14.4 Å². The van der Waals surface area contributed by atoms with Crippen LogP contribution in [0.15, 0.2) is 64.7 Å². The number of benzene rings is 2. The molecule has 3 amide bonds. The maximum absolute atomic E-state index is 12.7. The first kappa shape index (κ1) is 19.6. The number of carbonyl (C=O) groups excluding carboxylic acids is 3. The van der Waals surface area contributed by atoms with Crippen molar-refractivity contribution in [2.24, 2.45) is 0 Å². The molecule has 0 fully saturated rings. The molecule has 5 rings (SSSR count). The Hall–Kier alpha value is -3.33. The van der Waals surface area contributed by atoms with Gasteiger partial charge in [-0.25, -0.2) is 9.88 Å². The first-order valence-corrected chi connectivity index (χ1v) is 11.3. The van der Waals surface area contributed by atoms with E-state index in [-0.39, 0.29) is 16.6 Å². The summed E-state index contributed by atoms with van der Waals surface area (Å²) in [5.74, 6) is -1.23. The Labute approximate surface area is 189 Å². The summed E-state index contributed by atoms with van der Waals surface area (Å²) < 4.78 is 0. The number of halogens is 1. The Bertz CT molecular complexity index is 1310. The van der Waals surface area contributed by atoms with Crippen molar-refractivity contribution in [1.82, 2.24) is 4.98 Å². The third-order valence-corrected chi connectivity index (χ3v) is 6.62. The van der Waals surface area contributed by atoms with Crippen LogP contribution < -0.4 is 10.2 Å². The normalized spacial score (nSPS) is 12.9. The fourth-order valence-corrected chi connectivity index (χ4v) is 5.04. The van der Waals surface area contributed by atoms with Crippen molar-refractivity contribution in [3.63, 3.8) is 0 Å². The molecule has 0 bridgehead atoms. The Morgan fingerprint density at radius 1 is 1.00 bits per heavy atom. The summed E-state index contributed by atoms with van der Waals surface area (Å²) in [7, 11) is 0. The zero-order valence-electron chi connectivity index (χ0n) is 15.7. The van der Waals surface area contributed by atoms with E-state index < -0.39 is 11.8 Å². The van der Waals surface area contributed by atoms with Gasteiger partial charge in [0, 0.05) is 22.0 Å². The van der Waals surface area contributed by atoms with Crippen molar-refractivity contribution in [1.29, 1.82) is 0 Å². The number of nitrogens with zero attached hydrogens (tertiary/aromatic N) is 2. The molecule has 1 aliphatic rings. The van der Waals surface area contributed by atoms with Gasteiger partial charge in [-0.05, 0) is 41.8 Å². The standard InChI is InChI=1S/C22H12ClN3O3S2/c23-16-9-13(24-19(27)17-11-31-20(25-17)12-7-8-30-10-12)5-6-18(16)26-21(28)14-3-1-2-4-15(14)22(26)29/h1-11H,(H,24,27). The predicted octanol–water partition coefficient (Wildman–Crippen LogP) is 5.58. The topological polar surface area (TPSA) is 79.4 Å². The number of nitrogens with one attached hydrogen (secondary N) is 1. The van der Waals surface area contributed by atoms with E-state index in [9.17, 15) is 14.4 Å². The van der Waals surface area contributed by atoms with Crippen LogP contribution in [0.5, 0.6) is 0 Å². The van der Waals surface area contributed by atoms with Crippen LogP contribution in [-0.2, 0) is 0 Å². The lowest BCUT2D eigenvalue weighted by molar-refractivity contribution is 0.0924. The number of anilines is 2. The molecule has 31 heavy (non-hydrogen) atoms. The Morgan fingerprint density at radius 3 is 2.39 bits per heavy atom. The van der Waals surface area contributed by atoms with E-state index in [1.807, 2.05) is 16.8 Å². The van der Waals surface area contributed by atoms with Crippen molar-refractivity contribution >= 4 is 63.4 Å². The Kier molecular flexibility index (Phi) is 4.90. The average molecular weight is 466 g/mol. The molecule has 0 aliphatic carbocycles. The highest BCUT2D eigenvalue weighted by Crippen LogP contribution is 2.35. The monoisotopic (exact) mass is 465 g/mol. The van der Waals surface area contributed by atoms with Gasteiger partial charge in [0.1, 0.15) is 10.7 Å². The number of rotatable bonds is 4. The van der Waals surface area contributed by atoms with Crippen LogP contribution in [0, 0.1) is 0 Å². The van der Waals surface area contributed by atoms with Gasteiger partial charge in [0.2, 0.25) is 0 Å². The number of hydrogen-bond donors (Lipinski definition) is 1. The molecule has 1 N–H and O–H groups in total. The quantitative estimate of drug-likeness (QED) is 0.399. The molecule has 152 valence electrons.